The number of nitrogens with zero attached hydrogens (tertiary/aromatic N) is 6. The van der Waals surface area contributed by atoms with Crippen molar-refractivity contribution >= 4 is 17.4 Å². The van der Waals surface area contributed by atoms with Crippen molar-refractivity contribution in [3.8, 4) is 22.5 Å². The lowest BCUT2D eigenvalue weighted by Gasteiger charge is -2.34. The number of ether oxygens (including phenoxy) is 1. The van der Waals surface area contributed by atoms with Gasteiger partial charge in [-0.3, -0.25) is 0 Å². The summed E-state index contributed by atoms with van der Waals surface area (Å²) >= 11 is 0. The maximum absolute atomic E-state index is 13.4. The summed E-state index contributed by atoms with van der Waals surface area (Å²) in [7, 11) is 2.07. The summed E-state index contributed by atoms with van der Waals surface area (Å²) in [5.41, 5.74) is 8.41. The summed E-state index contributed by atoms with van der Waals surface area (Å²) in [5.74, 6) is 0.546. The van der Waals surface area contributed by atoms with Gasteiger partial charge in [-0.2, -0.15) is 4.59 Å². The maximum Gasteiger partial charge on any atom is 0.346 e. The smallest absolute Gasteiger partial charge is 0.346 e. The van der Waals surface area contributed by atoms with Crippen LogP contribution in [-0.4, -0.2) is 56.7 Å². The molecule has 1 unspecified atom stereocenters. The summed E-state index contributed by atoms with van der Waals surface area (Å²) < 4.78 is 5.90. The van der Waals surface area contributed by atoms with Crippen LogP contribution in [0, 0.1) is 5.92 Å². The number of tetrazole rings is 1. The van der Waals surface area contributed by atoms with E-state index in [1.807, 2.05) is 79.7 Å². The first-order chi connectivity index (χ1) is 25.5. The molecule has 8 nitrogen and oxygen atoms in total. The lowest BCUT2D eigenvalue weighted by atomic mass is 9.77. The van der Waals surface area contributed by atoms with E-state index in [4.69, 9.17) is 25.2 Å². The number of carbonyl (C=O) groups is 1. The Hall–Kier alpha value is -5.99. The fraction of sp³-hybridized carbons (Fsp3) is 0.205. The number of quaternary nitrogens is 1. The Kier molecular flexibility index (Phi) is 8.69. The van der Waals surface area contributed by atoms with E-state index in [9.17, 15) is 4.79 Å². The second-order valence-corrected chi connectivity index (χ2v) is 13.5. The van der Waals surface area contributed by atoms with Gasteiger partial charge in [0.25, 0.3) is 0 Å². The largest absolute Gasteiger partial charge is 0.462 e. The van der Waals surface area contributed by atoms with E-state index < -0.39 is 5.54 Å². The molecule has 2 heterocycles. The predicted molar refractivity (Wildman–Crippen MR) is 204 cm³/mol. The van der Waals surface area contributed by atoms with E-state index in [2.05, 4.69) is 80.7 Å². The first kappa shape index (κ1) is 33.2. The maximum atomic E-state index is 13.4. The molecular weight excluding hydrogens is 645 g/mol. The van der Waals surface area contributed by atoms with Crippen LogP contribution in [0.15, 0.2) is 150 Å². The number of aromatic nitrogens is 4. The van der Waals surface area contributed by atoms with Crippen LogP contribution < -0.4 is 0 Å². The first-order valence-corrected chi connectivity index (χ1v) is 18.0. The van der Waals surface area contributed by atoms with Crippen molar-refractivity contribution in [2.45, 2.75) is 32.2 Å². The van der Waals surface area contributed by atoms with Crippen molar-refractivity contribution in [2.24, 2.45) is 11.0 Å². The molecule has 1 aromatic heterocycles. The van der Waals surface area contributed by atoms with Gasteiger partial charge in [-0.1, -0.05) is 132 Å². The Balaban J connectivity index is 1.22. The highest BCUT2D eigenvalue weighted by Gasteiger charge is 2.48. The molecule has 1 aliphatic heterocycles. The fourth-order valence-corrected chi connectivity index (χ4v) is 7.48. The molecule has 6 aromatic rings. The third-order valence-electron chi connectivity index (χ3n) is 10.3. The van der Waals surface area contributed by atoms with Crippen LogP contribution >= 0.6 is 0 Å². The number of carbonyl (C=O) groups excluding carboxylic acids is 1. The molecule has 52 heavy (non-hydrogen) atoms. The minimum absolute atomic E-state index is 0.292. The average molecular weight is 686 g/mol. The number of hydrogen-bond donors (Lipinski definition) is 0. The van der Waals surface area contributed by atoms with Gasteiger partial charge >= 0.3 is 5.97 Å². The molecule has 0 saturated heterocycles. The molecule has 258 valence electrons. The van der Waals surface area contributed by atoms with Crippen LogP contribution in [0.5, 0.6) is 0 Å². The Labute approximate surface area is 304 Å². The SMILES string of the molecule is CCOC(=O)C1=C(c2ccc(-c3ccccc3-c3nnn(C(c4ccccc4)(c4ccccc4)c4ccccc4)n3)cc2)[N+](C)(CC)N=C1C1CC1. The molecule has 8 heteroatoms. The first-order valence-electron chi connectivity index (χ1n) is 18.0. The van der Waals surface area contributed by atoms with Crippen molar-refractivity contribution in [2.75, 3.05) is 20.2 Å². The molecule has 2 aliphatic rings. The van der Waals surface area contributed by atoms with Gasteiger partial charge in [0.1, 0.15) is 12.3 Å². The van der Waals surface area contributed by atoms with Crippen molar-refractivity contribution in [1.29, 1.82) is 0 Å². The topological polar surface area (TPSA) is 82.3 Å². The van der Waals surface area contributed by atoms with E-state index in [0.29, 0.717) is 28.5 Å². The van der Waals surface area contributed by atoms with Gasteiger partial charge in [-0.25, -0.2) is 4.79 Å². The predicted octanol–water partition coefficient (Wildman–Crippen LogP) is 8.37. The zero-order valence-corrected chi connectivity index (χ0v) is 29.7. The highest BCUT2D eigenvalue weighted by molar-refractivity contribution is 6.26. The van der Waals surface area contributed by atoms with Crippen LogP contribution in [0.25, 0.3) is 28.2 Å². The number of hydrogen-bond acceptors (Lipinski definition) is 6. The van der Waals surface area contributed by atoms with Crippen LogP contribution in [0.2, 0.25) is 0 Å². The van der Waals surface area contributed by atoms with Gasteiger partial charge in [0.05, 0.1) is 13.7 Å². The average Bonchev–Trinajstić information content (AvgIpc) is 3.84. The monoisotopic (exact) mass is 685 g/mol. The van der Waals surface area contributed by atoms with Gasteiger partial charge in [0.15, 0.2) is 16.8 Å². The highest BCUT2D eigenvalue weighted by atomic mass is 16.5. The van der Waals surface area contributed by atoms with Crippen LogP contribution in [0.1, 0.15) is 48.9 Å². The number of benzene rings is 5. The van der Waals surface area contributed by atoms with Crippen molar-refractivity contribution < 1.29 is 14.1 Å². The van der Waals surface area contributed by atoms with Crippen molar-refractivity contribution in [3.63, 3.8) is 0 Å². The lowest BCUT2D eigenvalue weighted by molar-refractivity contribution is -0.842. The molecule has 0 radical (unpaired) electrons. The van der Waals surface area contributed by atoms with Gasteiger partial charge < -0.3 is 4.74 Å². The summed E-state index contributed by atoms with van der Waals surface area (Å²) in [5, 5.41) is 19.8. The van der Waals surface area contributed by atoms with E-state index >= 15 is 0 Å². The second-order valence-electron chi connectivity index (χ2n) is 13.5. The van der Waals surface area contributed by atoms with E-state index in [1.54, 1.807) is 4.80 Å². The fourth-order valence-electron chi connectivity index (χ4n) is 7.48. The molecule has 0 amide bonds. The highest BCUT2D eigenvalue weighted by Crippen LogP contribution is 2.45. The minimum atomic E-state index is -0.872. The molecule has 0 N–H and O–H groups in total. The van der Waals surface area contributed by atoms with Crippen molar-refractivity contribution in [1.82, 2.24) is 20.2 Å². The second kappa shape index (κ2) is 13.6. The van der Waals surface area contributed by atoms with E-state index in [1.165, 1.54) is 0 Å². The third kappa shape index (κ3) is 5.65. The van der Waals surface area contributed by atoms with Crippen LogP contribution in [0.3, 0.4) is 0 Å². The molecule has 1 atom stereocenters. The van der Waals surface area contributed by atoms with Gasteiger partial charge in [-0.05, 0) is 71.9 Å². The summed E-state index contributed by atoms with van der Waals surface area (Å²) in [6, 6.07) is 47.6. The lowest BCUT2D eigenvalue weighted by Crippen LogP contribution is -2.39. The molecule has 5 aromatic carbocycles. The van der Waals surface area contributed by atoms with E-state index in [-0.39, 0.29) is 5.97 Å². The molecule has 1 saturated carbocycles. The molecular formula is C44H41N6O2+. The van der Waals surface area contributed by atoms with Gasteiger partial charge in [0, 0.05) is 17.0 Å². The van der Waals surface area contributed by atoms with Gasteiger partial charge in [-0.15, -0.1) is 15.0 Å². The zero-order chi connectivity index (χ0) is 35.7. The molecule has 0 spiro atoms. The standard InChI is InChI=1S/C44H41N6O2/c1-4-50(3)41(39(43(51)52-5-2)40(47-50)32-27-28-32)33-29-25-31(26-30-33)37-23-15-16-24-38(37)42-45-48-49(46-42)44(34-17-9-6-10-18-34,35-19-11-7-12-20-35)36-21-13-8-14-22-36/h6-26,29-30,32H,4-5,27-28H2,1-3H3/q+1. The van der Waals surface area contributed by atoms with Crippen LogP contribution in [-0.2, 0) is 15.1 Å². The normalized spacial score (nSPS) is 17.2. The van der Waals surface area contributed by atoms with E-state index in [0.717, 1.165) is 69.7 Å². The van der Waals surface area contributed by atoms with Crippen molar-refractivity contribution in [3.05, 3.63) is 167 Å². The molecule has 1 fully saturated rings. The quantitative estimate of drug-likeness (QED) is 0.0778. The Morgan fingerprint density at radius 1 is 0.731 bits per heavy atom. The Bertz CT molecular complexity index is 2180. The zero-order valence-electron chi connectivity index (χ0n) is 29.7. The summed E-state index contributed by atoms with van der Waals surface area (Å²) in [4.78, 5) is 15.2. The number of rotatable bonds is 11. The summed E-state index contributed by atoms with van der Waals surface area (Å²) in [6.07, 6.45) is 2.10. The summed E-state index contributed by atoms with van der Waals surface area (Å²) in [6.45, 7) is 4.99. The third-order valence-corrected chi connectivity index (χ3v) is 10.3. The Morgan fingerprint density at radius 2 is 1.25 bits per heavy atom. The molecule has 1 aliphatic carbocycles. The van der Waals surface area contributed by atoms with Crippen LogP contribution in [0.4, 0.5) is 0 Å². The molecule has 8 rings (SSSR count). The van der Waals surface area contributed by atoms with Gasteiger partial charge in [0.2, 0.25) is 5.82 Å². The minimum Gasteiger partial charge on any atom is -0.462 e. The Morgan fingerprint density at radius 3 is 1.77 bits per heavy atom. The molecule has 0 bridgehead atoms. The number of esters is 1.